The van der Waals surface area contributed by atoms with Crippen LogP contribution in [0.2, 0.25) is 0 Å². The molecule has 0 amide bonds. The molecule has 5 heteroatoms. The first-order valence-electron chi connectivity index (χ1n) is 7.57. The van der Waals surface area contributed by atoms with Crippen molar-refractivity contribution < 1.29 is 9.31 Å². The van der Waals surface area contributed by atoms with E-state index in [9.17, 15) is 0 Å². The Balaban J connectivity index is 1.97. The van der Waals surface area contributed by atoms with E-state index in [1.807, 2.05) is 11.3 Å². The average Bonchev–Trinajstić information content (AvgIpc) is 2.87. The van der Waals surface area contributed by atoms with Crippen LogP contribution in [-0.2, 0) is 9.31 Å². The van der Waals surface area contributed by atoms with Crippen LogP contribution in [0.15, 0.2) is 28.5 Å². The van der Waals surface area contributed by atoms with Gasteiger partial charge in [-0.3, -0.25) is 0 Å². The molecule has 120 valence electrons. The fourth-order valence-corrected chi connectivity index (χ4v) is 5.04. The van der Waals surface area contributed by atoms with Crippen LogP contribution >= 0.6 is 21.4 Å². The van der Waals surface area contributed by atoms with Gasteiger partial charge in [0.15, 0.2) is 0 Å². The Morgan fingerprint density at radius 3 is 2.09 bits per heavy atom. The van der Waals surface area contributed by atoms with E-state index in [0.29, 0.717) is 0 Å². The van der Waals surface area contributed by atoms with Gasteiger partial charge in [0.25, 0.3) is 0 Å². The maximum atomic E-state index is 6.16. The highest BCUT2D eigenvalue weighted by molar-refractivity contribution is 8.33. The third-order valence-electron chi connectivity index (χ3n) is 4.65. The van der Waals surface area contributed by atoms with Crippen molar-refractivity contribution in [1.29, 1.82) is 0 Å². The van der Waals surface area contributed by atoms with Crippen LogP contribution in [0.4, 0.5) is 0 Å². The lowest BCUT2D eigenvalue weighted by atomic mass is 9.79. The summed E-state index contributed by atoms with van der Waals surface area (Å²) >= 11 is 1.90. The molecular formula is C17H25BO2S2. The molecule has 22 heavy (non-hydrogen) atoms. The summed E-state index contributed by atoms with van der Waals surface area (Å²) in [6, 6.07) is 8.90. The van der Waals surface area contributed by atoms with E-state index in [2.05, 4.69) is 70.7 Å². The average molecular weight is 336 g/mol. The molecule has 2 nitrogen and oxygen atoms in total. The summed E-state index contributed by atoms with van der Waals surface area (Å²) in [6.45, 7) is 8.38. The number of hydrogen-bond acceptors (Lipinski definition) is 3. The second kappa shape index (κ2) is 5.00. The van der Waals surface area contributed by atoms with E-state index in [-0.39, 0.29) is 18.3 Å². The summed E-state index contributed by atoms with van der Waals surface area (Å²) in [5, 5.41) is 1.32. The van der Waals surface area contributed by atoms with E-state index in [4.69, 9.17) is 9.31 Å². The molecular weight excluding hydrogens is 311 g/mol. The molecule has 0 unspecified atom stereocenters. The largest absolute Gasteiger partial charge is 0.494 e. The van der Waals surface area contributed by atoms with Crippen LogP contribution in [-0.4, -0.2) is 37.1 Å². The predicted octanol–water partition coefficient (Wildman–Crippen LogP) is 4.25. The van der Waals surface area contributed by atoms with Gasteiger partial charge in [-0.15, -0.1) is 11.3 Å². The van der Waals surface area contributed by atoms with Gasteiger partial charge in [-0.05, 0) is 69.4 Å². The first-order chi connectivity index (χ1) is 9.99. The summed E-state index contributed by atoms with van der Waals surface area (Å²) in [4.78, 5) is 0. The van der Waals surface area contributed by atoms with Crippen LogP contribution in [0.3, 0.4) is 0 Å². The summed E-state index contributed by atoms with van der Waals surface area (Å²) < 4.78 is 15.1. The SMILES string of the molecule is CC1(C)OB(c2ccc3cc(S(C)(C)C)sc3c2)OC1(C)C. The third kappa shape index (κ3) is 2.73. The molecule has 2 aromatic rings. The number of benzene rings is 1. The van der Waals surface area contributed by atoms with Crippen LogP contribution in [0, 0.1) is 0 Å². The molecule has 1 aliphatic rings. The Morgan fingerprint density at radius 2 is 1.55 bits per heavy atom. The Hall–Kier alpha value is -0.485. The molecule has 0 radical (unpaired) electrons. The van der Waals surface area contributed by atoms with E-state index in [0.717, 1.165) is 5.46 Å². The molecule has 0 saturated carbocycles. The van der Waals surface area contributed by atoms with E-state index >= 15 is 0 Å². The van der Waals surface area contributed by atoms with Gasteiger partial charge in [0.1, 0.15) is 0 Å². The van der Waals surface area contributed by atoms with Crippen molar-refractivity contribution in [3.8, 4) is 0 Å². The molecule has 1 fully saturated rings. The maximum absolute atomic E-state index is 6.16. The van der Waals surface area contributed by atoms with Crippen molar-refractivity contribution in [2.45, 2.75) is 43.1 Å². The lowest BCUT2D eigenvalue weighted by Gasteiger charge is -2.32. The van der Waals surface area contributed by atoms with Gasteiger partial charge in [-0.25, -0.2) is 10.0 Å². The molecule has 0 atom stereocenters. The van der Waals surface area contributed by atoms with Gasteiger partial charge in [-0.1, -0.05) is 12.1 Å². The first kappa shape index (κ1) is 16.4. The minimum Gasteiger partial charge on any atom is -0.399 e. The quantitative estimate of drug-likeness (QED) is 0.763. The Morgan fingerprint density at radius 1 is 0.955 bits per heavy atom. The zero-order valence-electron chi connectivity index (χ0n) is 14.5. The second-order valence-corrected chi connectivity index (χ2v) is 13.2. The van der Waals surface area contributed by atoms with Crippen molar-refractivity contribution in [3.05, 3.63) is 24.3 Å². The van der Waals surface area contributed by atoms with Crippen LogP contribution in [0.5, 0.6) is 0 Å². The standard InChI is InChI=1S/C17H25BO2S2/c1-16(2)17(3,4)20-18(19-16)13-9-8-12-10-15(22(5,6)7)21-14(12)11-13/h8-11H,1-7H3. The molecule has 0 spiro atoms. The Bertz CT molecular complexity index is 697. The first-order valence-corrected chi connectivity index (χ1v) is 11.2. The molecule has 1 saturated heterocycles. The van der Waals surface area contributed by atoms with Crippen LogP contribution in [0.1, 0.15) is 27.7 Å². The zero-order chi connectivity index (χ0) is 16.3. The van der Waals surface area contributed by atoms with Crippen molar-refractivity contribution >= 4 is 44.0 Å². The molecule has 0 N–H and O–H groups in total. The number of hydrogen-bond donors (Lipinski definition) is 0. The number of rotatable bonds is 2. The monoisotopic (exact) mass is 336 g/mol. The Labute approximate surface area is 139 Å². The fraction of sp³-hybridized carbons (Fsp3) is 0.529. The summed E-state index contributed by atoms with van der Waals surface area (Å²) in [7, 11) is -0.954. The number of thiophene rings is 1. The second-order valence-electron chi connectivity index (χ2n) is 7.79. The lowest BCUT2D eigenvalue weighted by Crippen LogP contribution is -2.41. The highest BCUT2D eigenvalue weighted by Gasteiger charge is 2.51. The van der Waals surface area contributed by atoms with Gasteiger partial charge >= 0.3 is 7.12 Å². The Kier molecular flexibility index (Phi) is 3.72. The maximum Gasteiger partial charge on any atom is 0.494 e. The molecule has 1 aromatic heterocycles. The van der Waals surface area contributed by atoms with E-state index in [1.165, 1.54) is 14.3 Å². The van der Waals surface area contributed by atoms with E-state index < -0.39 is 10.0 Å². The van der Waals surface area contributed by atoms with Crippen molar-refractivity contribution in [3.63, 3.8) is 0 Å². The van der Waals surface area contributed by atoms with E-state index in [1.54, 1.807) is 0 Å². The minimum atomic E-state index is -0.678. The highest BCUT2D eigenvalue weighted by atomic mass is 32.3. The van der Waals surface area contributed by atoms with Crippen molar-refractivity contribution in [1.82, 2.24) is 0 Å². The van der Waals surface area contributed by atoms with Gasteiger partial charge in [0.05, 0.1) is 11.2 Å². The summed E-state index contributed by atoms with van der Waals surface area (Å²) in [5.41, 5.74) is 0.537. The van der Waals surface area contributed by atoms with Crippen molar-refractivity contribution in [2.75, 3.05) is 18.8 Å². The highest BCUT2D eigenvalue weighted by Crippen LogP contribution is 2.50. The topological polar surface area (TPSA) is 18.5 Å². The van der Waals surface area contributed by atoms with Crippen molar-refractivity contribution in [2.24, 2.45) is 0 Å². The molecule has 1 aliphatic heterocycles. The molecule has 0 aliphatic carbocycles. The fourth-order valence-electron chi connectivity index (χ4n) is 2.45. The summed E-state index contributed by atoms with van der Waals surface area (Å²) in [6.07, 6.45) is 7.02. The predicted molar refractivity (Wildman–Crippen MR) is 101 cm³/mol. The molecule has 3 rings (SSSR count). The van der Waals surface area contributed by atoms with Gasteiger partial charge in [0.2, 0.25) is 0 Å². The molecule has 2 heterocycles. The molecule has 1 aromatic carbocycles. The van der Waals surface area contributed by atoms with Crippen LogP contribution < -0.4 is 5.46 Å². The lowest BCUT2D eigenvalue weighted by molar-refractivity contribution is 0.00578. The smallest absolute Gasteiger partial charge is 0.399 e. The molecule has 0 bridgehead atoms. The third-order valence-corrected chi connectivity index (χ3v) is 8.62. The minimum absolute atomic E-state index is 0.276. The normalized spacial score (nSPS) is 21.5. The summed E-state index contributed by atoms with van der Waals surface area (Å²) in [5.74, 6) is 0. The zero-order valence-corrected chi connectivity index (χ0v) is 16.2. The van der Waals surface area contributed by atoms with Gasteiger partial charge in [-0.2, -0.15) is 0 Å². The number of fused-ring (bicyclic) bond motifs is 1. The van der Waals surface area contributed by atoms with Gasteiger partial charge < -0.3 is 9.31 Å². The van der Waals surface area contributed by atoms with Crippen LogP contribution in [0.25, 0.3) is 10.1 Å². The van der Waals surface area contributed by atoms with Gasteiger partial charge in [0, 0.05) is 8.91 Å².